The van der Waals surface area contributed by atoms with E-state index in [-0.39, 0.29) is 10.6 Å². The van der Waals surface area contributed by atoms with Crippen LogP contribution in [-0.4, -0.2) is 30.6 Å². The molecule has 1 N–H and O–H groups in total. The summed E-state index contributed by atoms with van der Waals surface area (Å²) in [5.74, 6) is 0.0923. The maximum atomic E-state index is 12.2. The number of hydrogen-bond acceptors (Lipinski definition) is 3. The minimum atomic E-state index is -1.29. The summed E-state index contributed by atoms with van der Waals surface area (Å²) >= 11 is 5.78. The first-order valence-electron chi connectivity index (χ1n) is 5.86. The highest BCUT2D eigenvalue weighted by molar-refractivity contribution is 7.85. The lowest BCUT2D eigenvalue weighted by Gasteiger charge is -2.05. The molecule has 0 aliphatic carbocycles. The monoisotopic (exact) mass is 312 g/mol. The van der Waals surface area contributed by atoms with Crippen LogP contribution in [0.15, 0.2) is 35.5 Å². The van der Waals surface area contributed by atoms with Crippen molar-refractivity contribution in [1.29, 1.82) is 0 Å². The Morgan fingerprint density at radius 1 is 1.50 bits per heavy atom. The van der Waals surface area contributed by atoms with Crippen molar-refractivity contribution in [2.75, 3.05) is 5.75 Å². The molecule has 0 saturated carbocycles. The molecule has 1 aromatic heterocycles. The van der Waals surface area contributed by atoms with Crippen molar-refractivity contribution in [2.45, 2.75) is 11.3 Å². The lowest BCUT2D eigenvalue weighted by Crippen LogP contribution is -2.07. The second kappa shape index (κ2) is 6.19. The molecule has 20 heavy (non-hydrogen) atoms. The maximum Gasteiger partial charge on any atom is 0.337 e. The van der Waals surface area contributed by atoms with E-state index in [1.165, 1.54) is 12.1 Å². The Labute approximate surface area is 123 Å². The van der Waals surface area contributed by atoms with Crippen molar-refractivity contribution < 1.29 is 14.1 Å². The van der Waals surface area contributed by atoms with E-state index in [9.17, 15) is 9.00 Å². The van der Waals surface area contributed by atoms with Gasteiger partial charge in [0.25, 0.3) is 0 Å². The fraction of sp³-hybridized carbons (Fsp3) is 0.231. The van der Waals surface area contributed by atoms with E-state index in [1.807, 2.05) is 17.8 Å². The van der Waals surface area contributed by atoms with Gasteiger partial charge in [-0.25, -0.2) is 9.78 Å². The summed E-state index contributed by atoms with van der Waals surface area (Å²) in [6.45, 7) is 0. The number of hydrogen-bond donors (Lipinski definition) is 1. The molecular formula is C13H13ClN2O3S. The largest absolute Gasteiger partial charge is 0.478 e. The predicted octanol–water partition coefficient (Wildman–Crippen LogP) is 2.12. The van der Waals surface area contributed by atoms with Gasteiger partial charge in [0.15, 0.2) is 0 Å². The molecule has 106 valence electrons. The van der Waals surface area contributed by atoms with Crippen molar-refractivity contribution in [1.82, 2.24) is 9.55 Å². The standard InChI is InChI=1S/C13H13ClN2O3S/c1-16-6-5-15-12(16)4-7-20(19)9-2-3-11(14)10(8-9)13(17)18/h2-3,5-6,8H,4,7H2,1H3,(H,17,18). The summed E-state index contributed by atoms with van der Waals surface area (Å²) in [4.78, 5) is 15.6. The zero-order valence-electron chi connectivity index (χ0n) is 10.7. The number of carbonyl (C=O) groups is 1. The van der Waals surface area contributed by atoms with Gasteiger partial charge in [0.05, 0.1) is 21.4 Å². The summed E-state index contributed by atoms with van der Waals surface area (Å²) in [6.07, 6.45) is 4.06. The topological polar surface area (TPSA) is 72.2 Å². The summed E-state index contributed by atoms with van der Waals surface area (Å²) in [6, 6.07) is 4.40. The number of halogens is 1. The third-order valence-corrected chi connectivity index (χ3v) is 4.55. The highest BCUT2D eigenvalue weighted by Gasteiger charge is 2.13. The molecule has 0 radical (unpaired) electrons. The zero-order valence-corrected chi connectivity index (χ0v) is 12.3. The first-order chi connectivity index (χ1) is 9.49. The number of aromatic nitrogens is 2. The Morgan fingerprint density at radius 3 is 2.85 bits per heavy atom. The molecule has 0 bridgehead atoms. The van der Waals surface area contributed by atoms with Crippen LogP contribution in [-0.2, 0) is 24.3 Å². The summed E-state index contributed by atoms with van der Waals surface area (Å²) in [7, 11) is 0.584. The summed E-state index contributed by atoms with van der Waals surface area (Å²) < 4.78 is 14.0. The quantitative estimate of drug-likeness (QED) is 0.918. The highest BCUT2D eigenvalue weighted by Crippen LogP contribution is 2.20. The number of aryl methyl sites for hydroxylation is 2. The van der Waals surface area contributed by atoms with Crippen molar-refractivity contribution in [3.8, 4) is 0 Å². The maximum absolute atomic E-state index is 12.2. The van der Waals surface area contributed by atoms with Crippen LogP contribution in [0.1, 0.15) is 16.2 Å². The van der Waals surface area contributed by atoms with Gasteiger partial charge in [-0.15, -0.1) is 0 Å². The van der Waals surface area contributed by atoms with Gasteiger partial charge >= 0.3 is 5.97 Å². The van der Waals surface area contributed by atoms with Crippen LogP contribution in [0.4, 0.5) is 0 Å². The lowest BCUT2D eigenvalue weighted by molar-refractivity contribution is 0.0697. The van der Waals surface area contributed by atoms with Crippen LogP contribution in [0.5, 0.6) is 0 Å². The Bertz CT molecular complexity index is 669. The van der Waals surface area contributed by atoms with Gasteiger partial charge in [0.2, 0.25) is 0 Å². The second-order valence-corrected chi connectivity index (χ2v) is 6.18. The molecule has 0 fully saturated rings. The average molecular weight is 313 g/mol. The Balaban J connectivity index is 2.12. The minimum Gasteiger partial charge on any atom is -0.478 e. The fourth-order valence-electron chi connectivity index (χ4n) is 1.75. The molecule has 2 rings (SSSR count). The van der Waals surface area contributed by atoms with Gasteiger partial charge in [-0.2, -0.15) is 0 Å². The summed E-state index contributed by atoms with van der Waals surface area (Å²) in [5, 5.41) is 9.13. The van der Waals surface area contributed by atoms with Crippen LogP contribution < -0.4 is 0 Å². The zero-order chi connectivity index (χ0) is 14.7. The second-order valence-electron chi connectivity index (χ2n) is 4.20. The molecule has 2 aromatic rings. The number of imidazole rings is 1. The number of carboxylic acid groups (broad SMARTS) is 1. The molecule has 0 saturated heterocycles. The van der Waals surface area contributed by atoms with Crippen LogP contribution in [0.25, 0.3) is 0 Å². The van der Waals surface area contributed by atoms with E-state index < -0.39 is 16.8 Å². The highest BCUT2D eigenvalue weighted by atomic mass is 35.5. The molecule has 1 unspecified atom stereocenters. The Morgan fingerprint density at radius 2 is 2.25 bits per heavy atom. The first kappa shape index (κ1) is 14.7. The fourth-order valence-corrected chi connectivity index (χ4v) is 3.02. The van der Waals surface area contributed by atoms with Crippen molar-refractivity contribution in [2.24, 2.45) is 7.05 Å². The van der Waals surface area contributed by atoms with Crippen LogP contribution in [0.2, 0.25) is 5.02 Å². The number of benzene rings is 1. The predicted molar refractivity (Wildman–Crippen MR) is 76.6 cm³/mol. The molecule has 1 aromatic carbocycles. The van der Waals surface area contributed by atoms with Gasteiger partial charge in [-0.05, 0) is 18.2 Å². The number of rotatable bonds is 5. The van der Waals surface area contributed by atoms with Crippen molar-refractivity contribution in [3.63, 3.8) is 0 Å². The third-order valence-electron chi connectivity index (χ3n) is 2.86. The molecule has 5 nitrogen and oxygen atoms in total. The molecule has 1 atom stereocenters. The van der Waals surface area contributed by atoms with Gasteiger partial charge < -0.3 is 9.67 Å². The minimum absolute atomic E-state index is 0.0329. The SMILES string of the molecule is Cn1ccnc1CCS(=O)c1ccc(Cl)c(C(=O)O)c1. The molecule has 0 spiro atoms. The molecular weight excluding hydrogens is 300 g/mol. The first-order valence-corrected chi connectivity index (χ1v) is 7.56. The number of carboxylic acids is 1. The molecule has 0 aliphatic rings. The van der Waals surface area contributed by atoms with E-state index >= 15 is 0 Å². The number of aromatic carboxylic acids is 1. The Kier molecular flexibility index (Phi) is 4.57. The van der Waals surface area contributed by atoms with Crippen LogP contribution >= 0.6 is 11.6 Å². The van der Waals surface area contributed by atoms with Gasteiger partial charge in [0.1, 0.15) is 5.82 Å². The molecule has 0 aliphatic heterocycles. The Hall–Kier alpha value is -1.66. The molecule has 7 heteroatoms. The van der Waals surface area contributed by atoms with E-state index in [1.54, 1.807) is 12.3 Å². The molecule has 0 amide bonds. The van der Waals surface area contributed by atoms with Gasteiger partial charge in [0, 0.05) is 36.5 Å². The van der Waals surface area contributed by atoms with E-state index in [4.69, 9.17) is 16.7 Å². The molecule has 1 heterocycles. The van der Waals surface area contributed by atoms with E-state index in [0.717, 1.165) is 5.82 Å². The normalized spacial score (nSPS) is 12.3. The number of nitrogens with zero attached hydrogens (tertiary/aromatic N) is 2. The van der Waals surface area contributed by atoms with E-state index in [0.29, 0.717) is 17.1 Å². The van der Waals surface area contributed by atoms with Crippen molar-refractivity contribution >= 4 is 28.4 Å². The third kappa shape index (κ3) is 3.26. The average Bonchev–Trinajstić information content (AvgIpc) is 2.81. The smallest absolute Gasteiger partial charge is 0.337 e. The van der Waals surface area contributed by atoms with Gasteiger partial charge in [-0.1, -0.05) is 11.6 Å². The van der Waals surface area contributed by atoms with Crippen molar-refractivity contribution in [3.05, 3.63) is 47.0 Å². The lowest BCUT2D eigenvalue weighted by atomic mass is 10.2. The summed E-state index contributed by atoms with van der Waals surface area (Å²) in [5.41, 5.74) is -0.0329. The van der Waals surface area contributed by atoms with E-state index in [2.05, 4.69) is 4.98 Å². The van der Waals surface area contributed by atoms with Crippen LogP contribution in [0, 0.1) is 0 Å². The van der Waals surface area contributed by atoms with Crippen LogP contribution in [0.3, 0.4) is 0 Å². The van der Waals surface area contributed by atoms with Gasteiger partial charge in [-0.3, -0.25) is 4.21 Å².